The molecule has 0 saturated carbocycles. The van der Waals surface area contributed by atoms with Crippen molar-refractivity contribution in [3.8, 4) is 5.69 Å². The number of aromatic nitrogens is 2. The highest BCUT2D eigenvalue weighted by atomic mass is 35.5. The van der Waals surface area contributed by atoms with Crippen LogP contribution < -0.4 is 0 Å². The first-order chi connectivity index (χ1) is 9.50. The van der Waals surface area contributed by atoms with Crippen LogP contribution >= 0.6 is 23.2 Å². The van der Waals surface area contributed by atoms with Crippen LogP contribution in [-0.4, -0.2) is 9.78 Å². The monoisotopic (exact) mass is 324 g/mol. The van der Waals surface area contributed by atoms with E-state index >= 15 is 0 Å². The SMILES string of the molecule is CC(C)(C)c1cc(C(C)(C)C)n(-c2cc(Cl)ccc2Cl)n1. The topological polar surface area (TPSA) is 17.8 Å². The molecule has 2 rings (SSSR count). The van der Waals surface area contributed by atoms with Crippen molar-refractivity contribution in [3.63, 3.8) is 0 Å². The van der Waals surface area contributed by atoms with Gasteiger partial charge in [0.05, 0.1) is 16.4 Å². The molecule has 0 unspecified atom stereocenters. The van der Waals surface area contributed by atoms with E-state index in [0.29, 0.717) is 10.0 Å². The Balaban J connectivity index is 2.72. The first-order valence-electron chi connectivity index (χ1n) is 7.06. The zero-order chi connectivity index (χ0) is 16.0. The maximum Gasteiger partial charge on any atom is 0.0850 e. The Morgan fingerprint density at radius 3 is 2.05 bits per heavy atom. The van der Waals surface area contributed by atoms with Gasteiger partial charge in [-0.1, -0.05) is 64.7 Å². The van der Waals surface area contributed by atoms with Gasteiger partial charge < -0.3 is 0 Å². The highest BCUT2D eigenvalue weighted by Gasteiger charge is 2.27. The summed E-state index contributed by atoms with van der Waals surface area (Å²) in [6.45, 7) is 13.0. The van der Waals surface area contributed by atoms with Crippen molar-refractivity contribution in [1.29, 1.82) is 0 Å². The van der Waals surface area contributed by atoms with Crippen molar-refractivity contribution in [3.05, 3.63) is 45.7 Å². The van der Waals surface area contributed by atoms with Gasteiger partial charge in [-0.2, -0.15) is 5.10 Å². The Kier molecular flexibility index (Phi) is 4.16. The third-order valence-corrected chi connectivity index (χ3v) is 3.94. The second-order valence-electron chi connectivity index (χ2n) is 7.42. The fraction of sp³-hybridized carbons (Fsp3) is 0.471. The van der Waals surface area contributed by atoms with Gasteiger partial charge in [0, 0.05) is 21.5 Å². The summed E-state index contributed by atoms with van der Waals surface area (Å²) in [4.78, 5) is 0. The van der Waals surface area contributed by atoms with Crippen LogP contribution in [0.2, 0.25) is 10.0 Å². The molecule has 1 aromatic heterocycles. The van der Waals surface area contributed by atoms with E-state index in [4.69, 9.17) is 28.3 Å². The third kappa shape index (κ3) is 3.44. The molecule has 21 heavy (non-hydrogen) atoms. The summed E-state index contributed by atoms with van der Waals surface area (Å²) >= 11 is 12.5. The van der Waals surface area contributed by atoms with Crippen molar-refractivity contribution >= 4 is 23.2 Å². The minimum absolute atomic E-state index is 0.0176. The molecule has 0 fully saturated rings. The summed E-state index contributed by atoms with van der Waals surface area (Å²) in [6.07, 6.45) is 0. The minimum Gasteiger partial charge on any atom is -0.235 e. The van der Waals surface area contributed by atoms with Crippen LogP contribution in [-0.2, 0) is 10.8 Å². The van der Waals surface area contributed by atoms with Gasteiger partial charge in [-0.15, -0.1) is 0 Å². The van der Waals surface area contributed by atoms with Crippen LogP contribution in [0.25, 0.3) is 5.69 Å². The summed E-state index contributed by atoms with van der Waals surface area (Å²) in [7, 11) is 0. The Morgan fingerprint density at radius 2 is 1.52 bits per heavy atom. The molecule has 4 heteroatoms. The number of halogens is 2. The number of rotatable bonds is 1. The lowest BCUT2D eigenvalue weighted by Crippen LogP contribution is -2.17. The predicted molar refractivity (Wildman–Crippen MR) is 91.0 cm³/mol. The Labute approximate surface area is 137 Å². The van der Waals surface area contributed by atoms with E-state index in [-0.39, 0.29) is 10.8 Å². The molecule has 0 spiro atoms. The second kappa shape index (κ2) is 5.33. The average molecular weight is 325 g/mol. The molecule has 0 N–H and O–H groups in total. The second-order valence-corrected chi connectivity index (χ2v) is 8.27. The summed E-state index contributed by atoms with van der Waals surface area (Å²) in [6, 6.07) is 7.62. The number of benzene rings is 1. The van der Waals surface area contributed by atoms with Crippen LogP contribution in [0.1, 0.15) is 52.9 Å². The van der Waals surface area contributed by atoms with Crippen LogP contribution in [0.15, 0.2) is 24.3 Å². The van der Waals surface area contributed by atoms with Crippen molar-refractivity contribution < 1.29 is 0 Å². The highest BCUT2D eigenvalue weighted by Crippen LogP contribution is 2.33. The van der Waals surface area contributed by atoms with Gasteiger partial charge >= 0.3 is 0 Å². The van der Waals surface area contributed by atoms with Gasteiger partial charge in [0.25, 0.3) is 0 Å². The number of hydrogen-bond donors (Lipinski definition) is 0. The van der Waals surface area contributed by atoms with E-state index < -0.39 is 0 Å². The lowest BCUT2D eigenvalue weighted by atomic mass is 9.88. The van der Waals surface area contributed by atoms with Gasteiger partial charge in [0.2, 0.25) is 0 Å². The first-order valence-corrected chi connectivity index (χ1v) is 7.82. The standard InChI is InChI=1S/C17H22Cl2N2/c1-16(2,3)14-10-15(17(4,5)6)21(20-14)13-9-11(18)7-8-12(13)19/h7-10H,1-6H3. The van der Waals surface area contributed by atoms with E-state index in [2.05, 4.69) is 47.6 Å². The van der Waals surface area contributed by atoms with Crippen LogP contribution in [0, 0.1) is 0 Å². The van der Waals surface area contributed by atoms with Crippen LogP contribution in [0.4, 0.5) is 0 Å². The maximum absolute atomic E-state index is 6.36. The Hall–Kier alpha value is -0.990. The summed E-state index contributed by atoms with van der Waals surface area (Å²) in [5.41, 5.74) is 2.93. The van der Waals surface area contributed by atoms with E-state index in [0.717, 1.165) is 17.1 Å². The summed E-state index contributed by atoms with van der Waals surface area (Å²) in [5, 5.41) is 6.10. The molecule has 1 heterocycles. The molecule has 2 aromatic rings. The normalized spacial score (nSPS) is 12.8. The molecular weight excluding hydrogens is 303 g/mol. The summed E-state index contributed by atoms with van der Waals surface area (Å²) in [5.74, 6) is 0. The van der Waals surface area contributed by atoms with E-state index in [9.17, 15) is 0 Å². The first kappa shape index (κ1) is 16.4. The zero-order valence-corrected chi connectivity index (χ0v) is 15.0. The molecule has 0 amide bonds. The molecule has 0 saturated heterocycles. The molecule has 0 aliphatic heterocycles. The molecule has 0 aliphatic carbocycles. The van der Waals surface area contributed by atoms with E-state index in [1.165, 1.54) is 0 Å². The number of nitrogens with zero attached hydrogens (tertiary/aromatic N) is 2. The predicted octanol–water partition coefficient (Wildman–Crippen LogP) is 5.77. The fourth-order valence-corrected chi connectivity index (χ4v) is 2.48. The van der Waals surface area contributed by atoms with Gasteiger partial charge in [-0.05, 0) is 24.3 Å². The maximum atomic E-state index is 6.36. The average Bonchev–Trinajstić information content (AvgIpc) is 2.76. The Morgan fingerprint density at radius 1 is 0.905 bits per heavy atom. The minimum atomic E-state index is -0.0395. The third-order valence-electron chi connectivity index (χ3n) is 3.38. The molecule has 0 atom stereocenters. The smallest absolute Gasteiger partial charge is 0.0850 e. The Bertz CT molecular complexity index is 658. The molecule has 1 aromatic carbocycles. The molecule has 2 nitrogen and oxygen atoms in total. The largest absolute Gasteiger partial charge is 0.235 e. The molecule has 0 bridgehead atoms. The van der Waals surface area contributed by atoms with Crippen LogP contribution in [0.5, 0.6) is 0 Å². The van der Waals surface area contributed by atoms with E-state index in [1.54, 1.807) is 6.07 Å². The van der Waals surface area contributed by atoms with E-state index in [1.807, 2.05) is 16.8 Å². The van der Waals surface area contributed by atoms with Crippen molar-refractivity contribution in [2.45, 2.75) is 52.4 Å². The van der Waals surface area contributed by atoms with Crippen molar-refractivity contribution in [2.75, 3.05) is 0 Å². The molecule has 0 aliphatic rings. The highest BCUT2D eigenvalue weighted by molar-refractivity contribution is 6.34. The fourth-order valence-electron chi connectivity index (χ4n) is 2.11. The van der Waals surface area contributed by atoms with Gasteiger partial charge in [0.15, 0.2) is 0 Å². The van der Waals surface area contributed by atoms with Crippen LogP contribution in [0.3, 0.4) is 0 Å². The van der Waals surface area contributed by atoms with Crippen molar-refractivity contribution in [2.24, 2.45) is 0 Å². The van der Waals surface area contributed by atoms with Gasteiger partial charge in [0.1, 0.15) is 0 Å². The van der Waals surface area contributed by atoms with Crippen molar-refractivity contribution in [1.82, 2.24) is 9.78 Å². The lowest BCUT2D eigenvalue weighted by Gasteiger charge is -2.20. The number of hydrogen-bond acceptors (Lipinski definition) is 1. The lowest BCUT2D eigenvalue weighted by molar-refractivity contribution is 0.537. The molecular formula is C17H22Cl2N2. The van der Waals surface area contributed by atoms with Gasteiger partial charge in [-0.3, -0.25) is 0 Å². The zero-order valence-electron chi connectivity index (χ0n) is 13.5. The molecule has 0 radical (unpaired) electrons. The summed E-state index contributed by atoms with van der Waals surface area (Å²) < 4.78 is 1.93. The quantitative estimate of drug-likeness (QED) is 0.650. The molecule has 114 valence electrons. The van der Waals surface area contributed by atoms with Gasteiger partial charge in [-0.25, -0.2) is 4.68 Å².